The molecule has 0 fully saturated rings. The standard InChI is InChI=1S/C13H20N2O4S/c1-3-19-8-4-7-15-20(17,18)11-6-5-10(2)12(9-11)13(14)16/h5-6,9,15H,3-4,7-8H2,1-2H3,(H2,14,16). The van der Waals surface area contributed by atoms with Crippen molar-refractivity contribution in [2.45, 2.75) is 25.2 Å². The van der Waals surface area contributed by atoms with Crippen molar-refractivity contribution in [3.05, 3.63) is 29.3 Å². The maximum atomic E-state index is 12.0. The van der Waals surface area contributed by atoms with E-state index in [2.05, 4.69) is 4.72 Å². The van der Waals surface area contributed by atoms with Crippen molar-refractivity contribution < 1.29 is 17.9 Å². The van der Waals surface area contributed by atoms with E-state index in [0.717, 1.165) is 0 Å². The summed E-state index contributed by atoms with van der Waals surface area (Å²) in [5.41, 5.74) is 6.07. The third-order valence-electron chi connectivity index (χ3n) is 2.75. The Morgan fingerprint density at radius 1 is 1.40 bits per heavy atom. The van der Waals surface area contributed by atoms with Crippen molar-refractivity contribution in [3.63, 3.8) is 0 Å². The van der Waals surface area contributed by atoms with Crippen LogP contribution in [0.15, 0.2) is 23.1 Å². The lowest BCUT2D eigenvalue weighted by molar-refractivity contribution is 0.0999. The Morgan fingerprint density at radius 2 is 2.10 bits per heavy atom. The molecule has 0 unspecified atom stereocenters. The quantitative estimate of drug-likeness (QED) is 0.694. The smallest absolute Gasteiger partial charge is 0.249 e. The Kier molecular flexibility index (Phi) is 6.12. The maximum Gasteiger partial charge on any atom is 0.249 e. The molecule has 0 aliphatic heterocycles. The number of amides is 1. The van der Waals surface area contributed by atoms with Crippen LogP contribution in [0.4, 0.5) is 0 Å². The average Bonchev–Trinajstić information content (AvgIpc) is 2.38. The third kappa shape index (κ3) is 4.59. The van der Waals surface area contributed by atoms with Crippen LogP contribution in [0.25, 0.3) is 0 Å². The molecule has 0 heterocycles. The summed E-state index contributed by atoms with van der Waals surface area (Å²) in [6.45, 7) is 4.96. The lowest BCUT2D eigenvalue weighted by Gasteiger charge is -2.09. The zero-order chi connectivity index (χ0) is 15.2. The normalized spacial score (nSPS) is 11.5. The molecule has 3 N–H and O–H groups in total. The van der Waals surface area contributed by atoms with E-state index in [0.29, 0.717) is 25.2 Å². The highest BCUT2D eigenvalue weighted by Crippen LogP contribution is 2.15. The van der Waals surface area contributed by atoms with Crippen LogP contribution >= 0.6 is 0 Å². The fraction of sp³-hybridized carbons (Fsp3) is 0.462. The van der Waals surface area contributed by atoms with Gasteiger partial charge in [-0.25, -0.2) is 13.1 Å². The summed E-state index contributed by atoms with van der Waals surface area (Å²) in [6, 6.07) is 4.31. The van der Waals surface area contributed by atoms with Gasteiger partial charge in [0.05, 0.1) is 4.90 Å². The van der Waals surface area contributed by atoms with Gasteiger partial charge in [-0.05, 0) is 38.0 Å². The SMILES string of the molecule is CCOCCCNS(=O)(=O)c1ccc(C)c(C(N)=O)c1. The molecule has 0 aromatic heterocycles. The van der Waals surface area contributed by atoms with Crippen LogP contribution in [0.1, 0.15) is 29.3 Å². The molecule has 0 bridgehead atoms. The second kappa shape index (κ2) is 7.37. The molecule has 0 radical (unpaired) electrons. The summed E-state index contributed by atoms with van der Waals surface area (Å²) >= 11 is 0. The molecule has 7 heteroatoms. The molecule has 1 aromatic rings. The average molecular weight is 300 g/mol. The molecular weight excluding hydrogens is 280 g/mol. The zero-order valence-corrected chi connectivity index (χ0v) is 12.5. The van der Waals surface area contributed by atoms with Crippen molar-refractivity contribution in [2.24, 2.45) is 5.73 Å². The van der Waals surface area contributed by atoms with Gasteiger partial charge < -0.3 is 10.5 Å². The third-order valence-corrected chi connectivity index (χ3v) is 4.21. The van der Waals surface area contributed by atoms with Crippen LogP contribution in [0.3, 0.4) is 0 Å². The number of benzene rings is 1. The summed E-state index contributed by atoms with van der Waals surface area (Å²) in [5, 5.41) is 0. The molecule has 0 saturated carbocycles. The van der Waals surface area contributed by atoms with Crippen molar-refractivity contribution in [2.75, 3.05) is 19.8 Å². The first kappa shape index (κ1) is 16.6. The number of carbonyl (C=O) groups is 1. The predicted octanol–water partition coefficient (Wildman–Crippen LogP) is 0.799. The minimum atomic E-state index is -3.63. The van der Waals surface area contributed by atoms with E-state index in [1.165, 1.54) is 12.1 Å². The Balaban J connectivity index is 2.77. The van der Waals surface area contributed by atoms with Gasteiger partial charge in [0.15, 0.2) is 0 Å². The molecule has 112 valence electrons. The summed E-state index contributed by atoms with van der Waals surface area (Å²) in [4.78, 5) is 11.3. The summed E-state index contributed by atoms with van der Waals surface area (Å²) in [7, 11) is -3.63. The number of hydrogen-bond acceptors (Lipinski definition) is 4. The fourth-order valence-corrected chi connectivity index (χ4v) is 2.74. The zero-order valence-electron chi connectivity index (χ0n) is 11.7. The first-order valence-corrected chi connectivity index (χ1v) is 7.84. The van der Waals surface area contributed by atoms with Gasteiger partial charge in [-0.3, -0.25) is 4.79 Å². The highest BCUT2D eigenvalue weighted by Gasteiger charge is 2.16. The number of primary amides is 1. The first-order chi connectivity index (χ1) is 9.38. The Bertz CT molecular complexity index is 570. The fourth-order valence-electron chi connectivity index (χ4n) is 1.64. The largest absolute Gasteiger partial charge is 0.382 e. The first-order valence-electron chi connectivity index (χ1n) is 6.36. The number of sulfonamides is 1. The highest BCUT2D eigenvalue weighted by molar-refractivity contribution is 7.89. The van der Waals surface area contributed by atoms with Gasteiger partial charge in [0.1, 0.15) is 0 Å². The molecule has 0 spiro atoms. The number of aryl methyl sites for hydroxylation is 1. The number of carbonyl (C=O) groups excluding carboxylic acids is 1. The highest BCUT2D eigenvalue weighted by atomic mass is 32.2. The minimum absolute atomic E-state index is 0.0355. The monoisotopic (exact) mass is 300 g/mol. The second-order valence-corrected chi connectivity index (χ2v) is 6.06. The molecular formula is C13H20N2O4S. The molecule has 0 saturated heterocycles. The summed E-state index contributed by atoms with van der Waals surface area (Å²) in [6.07, 6.45) is 0.585. The molecule has 0 atom stereocenters. The van der Waals surface area contributed by atoms with Crippen molar-refractivity contribution in [1.29, 1.82) is 0 Å². The van der Waals surface area contributed by atoms with E-state index in [4.69, 9.17) is 10.5 Å². The predicted molar refractivity (Wildman–Crippen MR) is 76.0 cm³/mol. The van der Waals surface area contributed by atoms with Crippen molar-refractivity contribution in [1.82, 2.24) is 4.72 Å². The summed E-state index contributed by atoms with van der Waals surface area (Å²) in [5.74, 6) is -0.643. The van der Waals surface area contributed by atoms with Gasteiger partial charge in [-0.2, -0.15) is 0 Å². The van der Waals surface area contributed by atoms with E-state index < -0.39 is 15.9 Å². The maximum absolute atomic E-state index is 12.0. The van der Waals surface area contributed by atoms with Crippen LogP contribution in [0.5, 0.6) is 0 Å². The number of nitrogens with one attached hydrogen (secondary N) is 1. The van der Waals surface area contributed by atoms with Crippen molar-refractivity contribution >= 4 is 15.9 Å². The van der Waals surface area contributed by atoms with Crippen LogP contribution in [0, 0.1) is 6.92 Å². The van der Waals surface area contributed by atoms with E-state index >= 15 is 0 Å². The molecule has 0 aliphatic carbocycles. The second-order valence-electron chi connectivity index (χ2n) is 4.29. The molecule has 6 nitrogen and oxygen atoms in total. The van der Waals surface area contributed by atoms with Crippen LogP contribution in [0.2, 0.25) is 0 Å². The lowest BCUT2D eigenvalue weighted by Crippen LogP contribution is -2.26. The lowest BCUT2D eigenvalue weighted by atomic mass is 10.1. The van der Waals surface area contributed by atoms with Crippen LogP contribution in [-0.4, -0.2) is 34.1 Å². The Morgan fingerprint density at radius 3 is 2.70 bits per heavy atom. The van der Waals surface area contributed by atoms with Crippen LogP contribution in [-0.2, 0) is 14.8 Å². The van der Waals surface area contributed by atoms with E-state index in [-0.39, 0.29) is 17.0 Å². The van der Waals surface area contributed by atoms with E-state index in [1.54, 1.807) is 13.0 Å². The number of rotatable bonds is 8. The van der Waals surface area contributed by atoms with E-state index in [1.807, 2.05) is 6.92 Å². The van der Waals surface area contributed by atoms with Crippen molar-refractivity contribution in [3.8, 4) is 0 Å². The molecule has 1 amide bonds. The van der Waals surface area contributed by atoms with Gasteiger partial charge in [-0.1, -0.05) is 6.07 Å². The van der Waals surface area contributed by atoms with E-state index in [9.17, 15) is 13.2 Å². The summed E-state index contributed by atoms with van der Waals surface area (Å²) < 4.78 is 31.7. The number of ether oxygens (including phenoxy) is 1. The van der Waals surface area contributed by atoms with Gasteiger partial charge in [0, 0.05) is 25.3 Å². The Labute approximate surface area is 119 Å². The Hall–Kier alpha value is -1.44. The number of nitrogens with two attached hydrogens (primary N) is 1. The topological polar surface area (TPSA) is 98.5 Å². The molecule has 1 rings (SSSR count). The minimum Gasteiger partial charge on any atom is -0.382 e. The number of hydrogen-bond donors (Lipinski definition) is 2. The molecule has 1 aromatic carbocycles. The van der Waals surface area contributed by atoms with Gasteiger partial charge in [-0.15, -0.1) is 0 Å². The van der Waals surface area contributed by atoms with Crippen LogP contribution < -0.4 is 10.5 Å². The van der Waals surface area contributed by atoms with Gasteiger partial charge >= 0.3 is 0 Å². The molecule has 20 heavy (non-hydrogen) atoms. The van der Waals surface area contributed by atoms with Gasteiger partial charge in [0.25, 0.3) is 0 Å². The van der Waals surface area contributed by atoms with Gasteiger partial charge in [0.2, 0.25) is 15.9 Å². The molecule has 0 aliphatic rings.